The second-order valence-corrected chi connectivity index (χ2v) is 12.3. The van der Waals surface area contributed by atoms with Gasteiger partial charge in [-0.1, -0.05) is 26.0 Å². The van der Waals surface area contributed by atoms with Crippen LogP contribution in [0, 0.1) is 17.8 Å². The van der Waals surface area contributed by atoms with E-state index >= 15 is 0 Å². The first-order valence-corrected chi connectivity index (χ1v) is 14.0. The summed E-state index contributed by atoms with van der Waals surface area (Å²) in [4.78, 5) is 13.4. The van der Waals surface area contributed by atoms with Crippen LogP contribution in [-0.4, -0.2) is 99.4 Å². The topological polar surface area (TPSA) is 141 Å². The van der Waals surface area contributed by atoms with E-state index in [0.717, 1.165) is 19.4 Å². The third-order valence-corrected chi connectivity index (χ3v) is 9.15. The summed E-state index contributed by atoms with van der Waals surface area (Å²) in [5.41, 5.74) is -0.821. The minimum Gasteiger partial charge on any atom is -0.395 e. The first kappa shape index (κ1) is 27.3. The molecule has 10 heteroatoms. The predicted octanol–water partition coefficient (Wildman–Crippen LogP) is 0.152. The minimum absolute atomic E-state index is 0.0982. The first-order chi connectivity index (χ1) is 16.8. The molecule has 2 bridgehead atoms. The monoisotopic (exact) mass is 514 g/mol. The number of aliphatic hydroxyl groups excluding tert-OH is 4. The molecule has 5 unspecified atom stereocenters. The van der Waals surface area contributed by atoms with E-state index in [1.54, 1.807) is 0 Å². The quantitative estimate of drug-likeness (QED) is 0.283. The number of thioether (sulfide) groups is 1. The summed E-state index contributed by atoms with van der Waals surface area (Å²) < 4.78 is 12.2. The van der Waals surface area contributed by atoms with Crippen LogP contribution in [0.15, 0.2) is 12.2 Å². The summed E-state index contributed by atoms with van der Waals surface area (Å²) in [7, 11) is 0. The first-order valence-electron chi connectivity index (χ1n) is 13.0. The van der Waals surface area contributed by atoms with Gasteiger partial charge in [-0.05, 0) is 49.9 Å². The van der Waals surface area contributed by atoms with E-state index in [1.165, 1.54) is 18.2 Å². The Morgan fingerprint density at radius 2 is 1.91 bits per heavy atom. The van der Waals surface area contributed by atoms with Crippen molar-refractivity contribution in [2.45, 2.75) is 99.2 Å². The van der Waals surface area contributed by atoms with Crippen molar-refractivity contribution in [2.24, 2.45) is 17.8 Å². The van der Waals surface area contributed by atoms with E-state index in [0.29, 0.717) is 31.3 Å². The lowest BCUT2D eigenvalue weighted by molar-refractivity contribution is -0.205. The molecule has 0 aromatic rings. The lowest BCUT2D eigenvalue weighted by Crippen LogP contribution is -2.64. The van der Waals surface area contributed by atoms with Crippen LogP contribution in [0.2, 0.25) is 0 Å². The van der Waals surface area contributed by atoms with Gasteiger partial charge in [-0.15, -0.1) is 11.8 Å². The Kier molecular flexibility index (Phi) is 9.53. The molecule has 4 rings (SSSR count). The minimum atomic E-state index is -1.41. The molecule has 0 aromatic carbocycles. The van der Waals surface area contributed by atoms with Crippen molar-refractivity contribution in [1.82, 2.24) is 10.6 Å². The molecule has 4 heterocycles. The van der Waals surface area contributed by atoms with Gasteiger partial charge in [-0.25, -0.2) is 0 Å². The van der Waals surface area contributed by atoms with Crippen LogP contribution in [-0.2, 0) is 14.3 Å². The van der Waals surface area contributed by atoms with Gasteiger partial charge in [-0.2, -0.15) is 0 Å². The van der Waals surface area contributed by atoms with E-state index in [-0.39, 0.29) is 29.8 Å². The molecule has 4 aliphatic heterocycles. The lowest BCUT2D eigenvalue weighted by Gasteiger charge is -2.44. The van der Waals surface area contributed by atoms with Crippen molar-refractivity contribution < 1.29 is 34.7 Å². The van der Waals surface area contributed by atoms with Crippen LogP contribution in [0.5, 0.6) is 0 Å². The van der Waals surface area contributed by atoms with Gasteiger partial charge in [0.25, 0.3) is 0 Å². The molecule has 0 radical (unpaired) electrons. The fourth-order valence-electron chi connectivity index (χ4n) is 5.99. The van der Waals surface area contributed by atoms with Crippen LogP contribution >= 0.6 is 11.8 Å². The van der Waals surface area contributed by atoms with Gasteiger partial charge in [0.2, 0.25) is 5.91 Å². The summed E-state index contributed by atoms with van der Waals surface area (Å²) in [6, 6.07) is -1.08. The molecule has 4 aliphatic rings. The number of amides is 1. The largest absolute Gasteiger partial charge is 0.395 e. The molecule has 0 spiro atoms. The third kappa shape index (κ3) is 6.41. The molecular formula is C25H42N2O7S. The smallest absolute Gasteiger partial charge is 0.240 e. The number of ether oxygens (including phenoxy) is 2. The molecule has 200 valence electrons. The van der Waals surface area contributed by atoms with Crippen molar-refractivity contribution in [2.75, 3.05) is 19.8 Å². The van der Waals surface area contributed by atoms with Crippen LogP contribution in [0.3, 0.4) is 0 Å². The second kappa shape index (κ2) is 12.2. The fraction of sp³-hybridized carbons (Fsp3) is 0.880. The van der Waals surface area contributed by atoms with Gasteiger partial charge < -0.3 is 40.5 Å². The van der Waals surface area contributed by atoms with Crippen LogP contribution in [0.25, 0.3) is 0 Å². The SMILES string of the molecule is CC(C)C[C@@H]1CCO[C@@H]2[C@H](CN[C@@H]2C(=O)N[C@@H]2C/C=C\C[C@@H](CO)SC3OC2C(O)C(O)C3O)C1. The fourth-order valence-corrected chi connectivity index (χ4v) is 7.19. The molecule has 35 heavy (non-hydrogen) atoms. The molecule has 6 N–H and O–H groups in total. The van der Waals surface area contributed by atoms with Gasteiger partial charge in [0.1, 0.15) is 35.9 Å². The molecule has 0 aromatic heterocycles. The van der Waals surface area contributed by atoms with E-state index in [9.17, 15) is 25.2 Å². The molecule has 9 nitrogen and oxygen atoms in total. The standard InChI is InChI=1S/C25H42N2O7S/c1-13(2)9-14-7-8-33-22-15(10-14)11-26-18(22)24(32)27-17-6-4-3-5-16(12-28)35-25-21(31)19(29)20(30)23(17)34-25/h3-4,13-23,25-26,28-31H,5-12H2,1-2H3,(H,27,32)/b4-3-/t14-,15-,16-,17+,18-,19?,20?,21?,22+,23?,25?/m0/s1. The van der Waals surface area contributed by atoms with E-state index < -0.39 is 41.9 Å². The molecule has 1 amide bonds. The highest BCUT2D eigenvalue weighted by Gasteiger charge is 2.49. The molecule has 3 fully saturated rings. The Labute approximate surface area is 212 Å². The van der Waals surface area contributed by atoms with Gasteiger partial charge in [-0.3, -0.25) is 4.79 Å². The molecule has 3 saturated heterocycles. The highest BCUT2D eigenvalue weighted by Crippen LogP contribution is 2.36. The highest BCUT2D eigenvalue weighted by molar-refractivity contribution is 8.00. The molecule has 0 saturated carbocycles. The summed E-state index contributed by atoms with van der Waals surface area (Å²) in [6.45, 7) is 5.76. The highest BCUT2D eigenvalue weighted by atomic mass is 32.2. The number of aliphatic hydroxyl groups is 4. The van der Waals surface area contributed by atoms with Gasteiger partial charge in [0.05, 0.1) is 18.8 Å². The van der Waals surface area contributed by atoms with Gasteiger partial charge in [0.15, 0.2) is 0 Å². The molecular weight excluding hydrogens is 472 g/mol. The van der Waals surface area contributed by atoms with Crippen LogP contribution in [0.4, 0.5) is 0 Å². The van der Waals surface area contributed by atoms with Crippen molar-refractivity contribution in [1.29, 1.82) is 0 Å². The zero-order valence-electron chi connectivity index (χ0n) is 20.7. The Morgan fingerprint density at radius 3 is 2.66 bits per heavy atom. The summed E-state index contributed by atoms with van der Waals surface area (Å²) in [5.74, 6) is 1.32. The molecule has 11 atom stereocenters. The van der Waals surface area contributed by atoms with Crippen molar-refractivity contribution in [3.05, 3.63) is 12.2 Å². The van der Waals surface area contributed by atoms with Crippen LogP contribution < -0.4 is 10.6 Å². The number of carbonyl (C=O) groups excluding carboxylic acids is 1. The van der Waals surface area contributed by atoms with Gasteiger partial charge >= 0.3 is 0 Å². The molecule has 0 aliphatic carbocycles. The zero-order chi connectivity index (χ0) is 25.1. The maximum Gasteiger partial charge on any atom is 0.240 e. The number of allylic oxidation sites excluding steroid dienone is 1. The zero-order valence-corrected chi connectivity index (χ0v) is 21.5. The van der Waals surface area contributed by atoms with E-state index in [1.807, 2.05) is 12.2 Å². The van der Waals surface area contributed by atoms with Gasteiger partial charge in [0, 0.05) is 18.4 Å². The Balaban J connectivity index is 1.46. The van der Waals surface area contributed by atoms with Crippen molar-refractivity contribution >= 4 is 17.7 Å². The summed E-state index contributed by atoms with van der Waals surface area (Å²) >= 11 is 1.24. The van der Waals surface area contributed by atoms with E-state index in [2.05, 4.69) is 24.5 Å². The normalized spacial score (nSPS) is 45.4. The van der Waals surface area contributed by atoms with E-state index in [4.69, 9.17) is 9.47 Å². The average molecular weight is 515 g/mol. The Morgan fingerprint density at radius 1 is 1.14 bits per heavy atom. The maximum absolute atomic E-state index is 13.4. The lowest BCUT2D eigenvalue weighted by atomic mass is 9.85. The number of carbonyl (C=O) groups is 1. The predicted molar refractivity (Wildman–Crippen MR) is 133 cm³/mol. The summed E-state index contributed by atoms with van der Waals surface area (Å²) in [6.07, 6.45) is 2.88. The van der Waals surface area contributed by atoms with Crippen molar-refractivity contribution in [3.63, 3.8) is 0 Å². The number of hydrogen-bond acceptors (Lipinski definition) is 9. The number of nitrogens with one attached hydrogen (secondary N) is 2. The Hall–Kier alpha value is -0.720. The Bertz CT molecular complexity index is 741. The third-order valence-electron chi connectivity index (χ3n) is 7.77. The average Bonchev–Trinajstić information content (AvgIpc) is 3.11. The number of hydrogen-bond donors (Lipinski definition) is 6. The van der Waals surface area contributed by atoms with Crippen LogP contribution in [0.1, 0.15) is 46.0 Å². The number of rotatable bonds is 5. The summed E-state index contributed by atoms with van der Waals surface area (Å²) in [5, 5.41) is 47.6. The maximum atomic E-state index is 13.4. The number of fused-ring (bicyclic) bond motifs is 3. The second-order valence-electron chi connectivity index (χ2n) is 10.9. The van der Waals surface area contributed by atoms with Crippen molar-refractivity contribution in [3.8, 4) is 0 Å².